The van der Waals surface area contributed by atoms with E-state index in [0.29, 0.717) is 18.3 Å². The summed E-state index contributed by atoms with van der Waals surface area (Å²) in [5.41, 5.74) is 0.836. The predicted octanol–water partition coefficient (Wildman–Crippen LogP) is 2.87. The third-order valence-electron chi connectivity index (χ3n) is 6.10. The quantitative estimate of drug-likeness (QED) is 0.701. The van der Waals surface area contributed by atoms with Crippen LogP contribution in [-0.4, -0.2) is 38.7 Å². The second-order valence-electron chi connectivity index (χ2n) is 8.20. The number of aryl methyl sites for hydroxylation is 1. The van der Waals surface area contributed by atoms with Gasteiger partial charge in [0, 0.05) is 32.1 Å². The normalized spacial score (nSPS) is 20.7. The molecule has 5 rings (SSSR count). The van der Waals surface area contributed by atoms with Gasteiger partial charge < -0.3 is 14.3 Å². The van der Waals surface area contributed by atoms with E-state index in [9.17, 15) is 9.18 Å². The number of carbonyl (C=O) groups excluding carboxylic acids is 1. The van der Waals surface area contributed by atoms with Crippen LogP contribution in [0.2, 0.25) is 0 Å². The first kappa shape index (κ1) is 19.0. The maximum atomic E-state index is 13.0. The average Bonchev–Trinajstić information content (AvgIpc) is 3.44. The third-order valence-corrected chi connectivity index (χ3v) is 6.10. The molecule has 1 amide bonds. The van der Waals surface area contributed by atoms with Gasteiger partial charge in [-0.25, -0.2) is 4.39 Å². The van der Waals surface area contributed by atoms with Crippen molar-refractivity contribution in [3.05, 3.63) is 70.9 Å². The summed E-state index contributed by atoms with van der Waals surface area (Å²) in [5, 5.41) is 11.5. The van der Waals surface area contributed by atoms with Gasteiger partial charge in [0.25, 0.3) is 5.91 Å². The minimum absolute atomic E-state index is 0.252. The van der Waals surface area contributed by atoms with Crippen molar-refractivity contribution < 1.29 is 13.6 Å². The molecule has 1 saturated heterocycles. The number of benzene rings is 1. The molecule has 2 atom stereocenters. The lowest BCUT2D eigenvalue weighted by atomic mass is 9.89. The van der Waals surface area contributed by atoms with E-state index < -0.39 is 0 Å². The summed E-state index contributed by atoms with van der Waals surface area (Å²) in [5.74, 6) is 3.42. The molecule has 8 heteroatoms. The molecule has 0 spiro atoms. The van der Waals surface area contributed by atoms with Crippen LogP contribution in [-0.2, 0) is 19.6 Å². The fourth-order valence-electron chi connectivity index (χ4n) is 4.60. The molecule has 2 aromatic heterocycles. The number of likely N-dealkylation sites (tertiary alicyclic amines) is 1. The number of amides is 1. The molecule has 0 radical (unpaired) electrons. The highest BCUT2D eigenvalue weighted by Crippen LogP contribution is 2.38. The van der Waals surface area contributed by atoms with Crippen molar-refractivity contribution in [3.8, 4) is 0 Å². The van der Waals surface area contributed by atoms with Gasteiger partial charge in [0.15, 0.2) is 0 Å². The Morgan fingerprint density at radius 2 is 2.03 bits per heavy atom. The van der Waals surface area contributed by atoms with E-state index in [0.717, 1.165) is 55.5 Å². The van der Waals surface area contributed by atoms with Crippen LogP contribution < -0.4 is 5.32 Å². The maximum absolute atomic E-state index is 13.0. The second-order valence-corrected chi connectivity index (χ2v) is 8.20. The Morgan fingerprint density at radius 3 is 2.80 bits per heavy atom. The number of rotatable bonds is 5. The lowest BCUT2D eigenvalue weighted by Crippen LogP contribution is -2.30. The number of carbonyl (C=O) groups is 1. The molecule has 1 N–H and O–H groups in total. The van der Waals surface area contributed by atoms with E-state index >= 15 is 0 Å². The van der Waals surface area contributed by atoms with Gasteiger partial charge in [0.2, 0.25) is 5.82 Å². The molecular formula is C22H24FN5O2. The zero-order valence-electron chi connectivity index (χ0n) is 16.8. The summed E-state index contributed by atoms with van der Waals surface area (Å²) < 4.78 is 20.7. The molecule has 2 aliphatic heterocycles. The summed E-state index contributed by atoms with van der Waals surface area (Å²) in [7, 11) is 0. The van der Waals surface area contributed by atoms with Crippen molar-refractivity contribution in [3.63, 3.8) is 0 Å². The van der Waals surface area contributed by atoms with E-state index in [2.05, 4.69) is 20.4 Å². The Morgan fingerprint density at radius 1 is 1.20 bits per heavy atom. The van der Waals surface area contributed by atoms with Gasteiger partial charge in [-0.15, -0.1) is 10.2 Å². The van der Waals surface area contributed by atoms with Crippen molar-refractivity contribution >= 4 is 5.91 Å². The van der Waals surface area contributed by atoms with E-state index in [-0.39, 0.29) is 17.6 Å². The van der Waals surface area contributed by atoms with E-state index in [1.807, 2.05) is 23.6 Å². The second kappa shape index (κ2) is 7.68. The summed E-state index contributed by atoms with van der Waals surface area (Å²) in [6, 6.07) is 10.1. The van der Waals surface area contributed by atoms with Gasteiger partial charge in [0.05, 0.1) is 6.54 Å². The van der Waals surface area contributed by atoms with Crippen LogP contribution in [0.3, 0.4) is 0 Å². The molecule has 156 valence electrons. The van der Waals surface area contributed by atoms with Crippen molar-refractivity contribution in [2.75, 3.05) is 13.1 Å². The zero-order chi connectivity index (χ0) is 20.7. The molecule has 3 aromatic rings. The topological polar surface area (TPSA) is 76.2 Å². The third kappa shape index (κ3) is 3.63. The summed E-state index contributed by atoms with van der Waals surface area (Å²) in [6.45, 7) is 5.71. The SMILES string of the molecule is Cc1ccc(CN2C[C@@H]3CCn4c(C(=O)NCc5ccc(F)cc5)nnc4[C@@H]3C2)o1. The van der Waals surface area contributed by atoms with Crippen LogP contribution in [0.1, 0.15) is 45.9 Å². The van der Waals surface area contributed by atoms with Gasteiger partial charge in [-0.2, -0.15) is 0 Å². The summed E-state index contributed by atoms with van der Waals surface area (Å²) >= 11 is 0. The van der Waals surface area contributed by atoms with Gasteiger partial charge in [-0.05, 0) is 49.1 Å². The Bertz CT molecular complexity index is 1060. The van der Waals surface area contributed by atoms with Crippen molar-refractivity contribution in [1.82, 2.24) is 25.0 Å². The molecule has 4 heterocycles. The van der Waals surface area contributed by atoms with Gasteiger partial charge in [-0.1, -0.05) is 12.1 Å². The standard InChI is InChI=1S/C22H24FN5O2/c1-14-2-7-18(30-14)12-27-11-16-8-9-28-20(19(16)13-27)25-26-21(28)22(29)24-10-15-3-5-17(23)6-4-15/h2-7,16,19H,8-13H2,1H3,(H,24,29)/t16-,19+/m0/s1. The van der Waals surface area contributed by atoms with Crippen LogP contribution in [0.15, 0.2) is 40.8 Å². The lowest BCUT2D eigenvalue weighted by Gasteiger charge is -2.25. The largest absolute Gasteiger partial charge is 0.465 e. The van der Waals surface area contributed by atoms with E-state index in [4.69, 9.17) is 4.42 Å². The van der Waals surface area contributed by atoms with Gasteiger partial charge in [-0.3, -0.25) is 9.69 Å². The molecule has 0 bridgehead atoms. The first-order valence-electron chi connectivity index (χ1n) is 10.3. The minimum Gasteiger partial charge on any atom is -0.465 e. The highest BCUT2D eigenvalue weighted by molar-refractivity contribution is 5.90. The van der Waals surface area contributed by atoms with Crippen LogP contribution in [0.25, 0.3) is 0 Å². The number of fused-ring (bicyclic) bond motifs is 3. The molecule has 7 nitrogen and oxygen atoms in total. The number of furan rings is 1. The monoisotopic (exact) mass is 409 g/mol. The first-order valence-corrected chi connectivity index (χ1v) is 10.3. The van der Waals surface area contributed by atoms with Crippen molar-refractivity contribution in [1.29, 1.82) is 0 Å². The fraction of sp³-hybridized carbons (Fsp3) is 0.409. The predicted molar refractivity (Wildman–Crippen MR) is 107 cm³/mol. The summed E-state index contributed by atoms with van der Waals surface area (Å²) in [4.78, 5) is 15.1. The summed E-state index contributed by atoms with van der Waals surface area (Å²) in [6.07, 6.45) is 1.00. The Hall–Kier alpha value is -3.00. The number of hydrogen-bond acceptors (Lipinski definition) is 5. The highest BCUT2D eigenvalue weighted by atomic mass is 19.1. The number of nitrogens with one attached hydrogen (secondary N) is 1. The molecule has 0 saturated carbocycles. The van der Waals surface area contributed by atoms with Crippen LogP contribution in [0, 0.1) is 18.7 Å². The first-order chi connectivity index (χ1) is 14.6. The molecule has 0 aliphatic carbocycles. The van der Waals surface area contributed by atoms with Crippen molar-refractivity contribution in [2.45, 2.75) is 38.9 Å². The smallest absolute Gasteiger partial charge is 0.289 e. The Labute approximate surface area is 173 Å². The van der Waals surface area contributed by atoms with Gasteiger partial charge in [0.1, 0.15) is 23.2 Å². The molecular weight excluding hydrogens is 385 g/mol. The van der Waals surface area contributed by atoms with Crippen molar-refractivity contribution in [2.24, 2.45) is 5.92 Å². The number of hydrogen-bond donors (Lipinski definition) is 1. The highest BCUT2D eigenvalue weighted by Gasteiger charge is 2.40. The number of nitrogens with zero attached hydrogens (tertiary/aromatic N) is 4. The average molecular weight is 409 g/mol. The van der Waals surface area contributed by atoms with E-state index in [1.165, 1.54) is 12.1 Å². The number of aromatic nitrogens is 3. The zero-order valence-corrected chi connectivity index (χ0v) is 16.8. The maximum Gasteiger partial charge on any atom is 0.289 e. The fourth-order valence-corrected chi connectivity index (χ4v) is 4.60. The minimum atomic E-state index is -0.293. The van der Waals surface area contributed by atoms with Crippen LogP contribution in [0.4, 0.5) is 4.39 Å². The van der Waals surface area contributed by atoms with E-state index in [1.54, 1.807) is 12.1 Å². The van der Waals surface area contributed by atoms with Crippen LogP contribution >= 0.6 is 0 Å². The molecule has 30 heavy (non-hydrogen) atoms. The van der Waals surface area contributed by atoms with Gasteiger partial charge >= 0.3 is 0 Å². The molecule has 1 fully saturated rings. The Balaban J connectivity index is 1.26. The molecule has 2 aliphatic rings. The van der Waals surface area contributed by atoms with Crippen LogP contribution in [0.5, 0.6) is 0 Å². The Kier molecular flexibility index (Phi) is 4.86. The lowest BCUT2D eigenvalue weighted by molar-refractivity contribution is 0.0933. The molecule has 0 unspecified atom stereocenters. The molecule has 1 aromatic carbocycles. The number of halogens is 1.